The summed E-state index contributed by atoms with van der Waals surface area (Å²) in [5.74, 6) is 1.05. The van der Waals surface area contributed by atoms with Crippen molar-refractivity contribution >= 4 is 45.3 Å². The van der Waals surface area contributed by atoms with Gasteiger partial charge in [-0.05, 0) is 48.5 Å². The van der Waals surface area contributed by atoms with Crippen molar-refractivity contribution < 1.29 is 4.79 Å². The molecule has 1 amide bonds. The van der Waals surface area contributed by atoms with E-state index in [2.05, 4.69) is 35.8 Å². The smallest absolute Gasteiger partial charge is 0.255 e. The van der Waals surface area contributed by atoms with E-state index >= 15 is 0 Å². The molecule has 3 aromatic heterocycles. The van der Waals surface area contributed by atoms with E-state index in [0.29, 0.717) is 23.0 Å². The lowest BCUT2D eigenvalue weighted by Crippen LogP contribution is -2.11. The minimum atomic E-state index is -0.199. The summed E-state index contributed by atoms with van der Waals surface area (Å²) in [5.41, 5.74) is 3.62. The van der Waals surface area contributed by atoms with E-state index in [9.17, 15) is 4.79 Å². The van der Waals surface area contributed by atoms with E-state index in [-0.39, 0.29) is 5.91 Å². The number of rotatable bonds is 4. The number of benzene rings is 2. The minimum absolute atomic E-state index is 0.199. The fourth-order valence-corrected chi connectivity index (χ4v) is 2.99. The van der Waals surface area contributed by atoms with Gasteiger partial charge in [0.2, 0.25) is 5.95 Å². The van der Waals surface area contributed by atoms with Gasteiger partial charge in [0.05, 0.1) is 22.7 Å². The monoisotopic (exact) mass is 369 g/mol. The van der Waals surface area contributed by atoms with E-state index in [4.69, 9.17) is 0 Å². The molecule has 3 heterocycles. The molecule has 0 radical (unpaired) electrons. The van der Waals surface area contributed by atoms with Crippen LogP contribution in [0.1, 0.15) is 10.4 Å². The molecule has 136 valence electrons. The van der Waals surface area contributed by atoms with Crippen molar-refractivity contribution in [3.05, 3.63) is 72.6 Å². The van der Waals surface area contributed by atoms with Crippen LogP contribution in [0.25, 0.3) is 21.9 Å². The Morgan fingerprint density at radius 3 is 2.86 bits per heavy atom. The normalized spacial score (nSPS) is 11.0. The zero-order valence-electron chi connectivity index (χ0n) is 14.6. The number of H-pyrrole nitrogens is 2. The highest BCUT2D eigenvalue weighted by atomic mass is 16.1. The Morgan fingerprint density at radius 1 is 1.00 bits per heavy atom. The second-order valence-corrected chi connectivity index (χ2v) is 6.28. The molecule has 5 rings (SSSR count). The predicted octanol–water partition coefficient (Wildman–Crippen LogP) is 3.83. The van der Waals surface area contributed by atoms with Gasteiger partial charge in [0.25, 0.3) is 5.91 Å². The Bertz CT molecular complexity index is 1290. The van der Waals surface area contributed by atoms with Crippen molar-refractivity contribution in [2.45, 2.75) is 0 Å². The van der Waals surface area contributed by atoms with Crippen molar-refractivity contribution in [1.82, 2.24) is 25.1 Å². The Hall–Kier alpha value is -4.20. The summed E-state index contributed by atoms with van der Waals surface area (Å²) < 4.78 is 0. The largest absolute Gasteiger partial charge is 0.324 e. The van der Waals surface area contributed by atoms with Crippen molar-refractivity contribution in [2.75, 3.05) is 10.6 Å². The summed E-state index contributed by atoms with van der Waals surface area (Å²) in [7, 11) is 0. The molecular formula is C20H15N7O. The minimum Gasteiger partial charge on any atom is -0.324 e. The number of fused-ring (bicyclic) bond motifs is 2. The number of amides is 1. The average Bonchev–Trinajstić information content (AvgIpc) is 3.33. The molecule has 0 aliphatic carbocycles. The lowest BCUT2D eigenvalue weighted by atomic mass is 10.1. The van der Waals surface area contributed by atoms with Crippen LogP contribution in [0.4, 0.5) is 17.5 Å². The van der Waals surface area contributed by atoms with E-state index in [0.717, 1.165) is 21.9 Å². The second-order valence-electron chi connectivity index (χ2n) is 6.28. The first kappa shape index (κ1) is 16.0. The number of carbonyl (C=O) groups is 1. The zero-order chi connectivity index (χ0) is 18.9. The highest BCUT2D eigenvalue weighted by Crippen LogP contribution is 2.20. The summed E-state index contributed by atoms with van der Waals surface area (Å²) in [4.78, 5) is 24.5. The van der Waals surface area contributed by atoms with Crippen molar-refractivity contribution in [2.24, 2.45) is 0 Å². The maximum Gasteiger partial charge on any atom is 0.255 e. The van der Waals surface area contributed by atoms with Crippen LogP contribution in [-0.2, 0) is 0 Å². The van der Waals surface area contributed by atoms with Crippen LogP contribution in [0, 0.1) is 0 Å². The van der Waals surface area contributed by atoms with E-state index < -0.39 is 0 Å². The molecule has 0 unspecified atom stereocenters. The van der Waals surface area contributed by atoms with Gasteiger partial charge in [-0.3, -0.25) is 9.89 Å². The van der Waals surface area contributed by atoms with Crippen molar-refractivity contribution in [3.63, 3.8) is 0 Å². The van der Waals surface area contributed by atoms with Gasteiger partial charge < -0.3 is 15.6 Å². The Labute approximate surface area is 159 Å². The first-order valence-corrected chi connectivity index (χ1v) is 8.67. The number of carbonyl (C=O) groups excluding carboxylic acids is 1. The highest BCUT2D eigenvalue weighted by Gasteiger charge is 2.10. The fraction of sp³-hybridized carbons (Fsp3) is 0. The molecule has 0 spiro atoms. The Morgan fingerprint density at radius 2 is 1.96 bits per heavy atom. The van der Waals surface area contributed by atoms with Gasteiger partial charge in [0.1, 0.15) is 5.82 Å². The summed E-state index contributed by atoms with van der Waals surface area (Å²) in [6.07, 6.45) is 3.44. The van der Waals surface area contributed by atoms with Crippen LogP contribution in [0.5, 0.6) is 0 Å². The quantitative estimate of drug-likeness (QED) is 0.385. The van der Waals surface area contributed by atoms with Gasteiger partial charge in [0, 0.05) is 22.8 Å². The van der Waals surface area contributed by atoms with Crippen LogP contribution in [-0.4, -0.2) is 31.1 Å². The van der Waals surface area contributed by atoms with E-state index in [1.165, 1.54) is 0 Å². The molecule has 5 aromatic rings. The topological polar surface area (TPSA) is 111 Å². The molecule has 0 saturated carbocycles. The van der Waals surface area contributed by atoms with Crippen molar-refractivity contribution in [1.29, 1.82) is 0 Å². The molecule has 0 aliphatic heterocycles. The fourth-order valence-electron chi connectivity index (χ4n) is 2.99. The maximum absolute atomic E-state index is 12.6. The number of aromatic amines is 2. The van der Waals surface area contributed by atoms with Crippen LogP contribution in [0.15, 0.2) is 67.0 Å². The predicted molar refractivity (Wildman–Crippen MR) is 108 cm³/mol. The number of hydrogen-bond donors (Lipinski definition) is 4. The number of anilines is 3. The average molecular weight is 369 g/mol. The van der Waals surface area contributed by atoms with E-state index in [1.54, 1.807) is 24.5 Å². The Balaban J connectivity index is 1.38. The maximum atomic E-state index is 12.6. The number of nitrogens with zero attached hydrogens (tertiary/aromatic N) is 3. The lowest BCUT2D eigenvalue weighted by molar-refractivity contribution is 0.102. The van der Waals surface area contributed by atoms with Gasteiger partial charge in [-0.1, -0.05) is 6.07 Å². The van der Waals surface area contributed by atoms with Crippen molar-refractivity contribution in [3.8, 4) is 0 Å². The number of pyridine rings is 1. The summed E-state index contributed by atoms with van der Waals surface area (Å²) in [6.45, 7) is 0. The second kappa shape index (κ2) is 6.51. The summed E-state index contributed by atoms with van der Waals surface area (Å²) in [6, 6.07) is 16.5. The number of imidazole rings is 1. The number of hydrogen-bond acceptors (Lipinski definition) is 5. The SMILES string of the molecule is O=C(Nc1ccc2cn[nH]c2c1)c1ccc2nc(Nc3ccccn3)[nH]c2c1. The molecule has 0 saturated heterocycles. The third kappa shape index (κ3) is 3.03. The summed E-state index contributed by atoms with van der Waals surface area (Å²) in [5, 5.41) is 13.9. The number of aromatic nitrogens is 5. The molecule has 8 nitrogen and oxygen atoms in total. The first-order valence-electron chi connectivity index (χ1n) is 8.67. The third-order valence-electron chi connectivity index (χ3n) is 4.36. The van der Waals surface area contributed by atoms with Gasteiger partial charge in [0.15, 0.2) is 0 Å². The molecule has 8 heteroatoms. The molecule has 0 atom stereocenters. The lowest BCUT2D eigenvalue weighted by Gasteiger charge is -2.05. The summed E-state index contributed by atoms with van der Waals surface area (Å²) >= 11 is 0. The van der Waals surface area contributed by atoms with Gasteiger partial charge >= 0.3 is 0 Å². The Kier molecular flexibility index (Phi) is 3.72. The van der Waals surface area contributed by atoms with Gasteiger partial charge in [-0.15, -0.1) is 0 Å². The van der Waals surface area contributed by atoms with Crippen LogP contribution < -0.4 is 10.6 Å². The van der Waals surface area contributed by atoms with E-state index in [1.807, 2.05) is 42.5 Å². The van der Waals surface area contributed by atoms with Crippen LogP contribution in [0.3, 0.4) is 0 Å². The van der Waals surface area contributed by atoms with Crippen LogP contribution in [0.2, 0.25) is 0 Å². The zero-order valence-corrected chi connectivity index (χ0v) is 14.6. The molecule has 2 aromatic carbocycles. The molecule has 28 heavy (non-hydrogen) atoms. The van der Waals surface area contributed by atoms with Gasteiger partial charge in [-0.2, -0.15) is 5.10 Å². The molecular weight excluding hydrogens is 354 g/mol. The standard InChI is InChI=1S/C20H15N7O/c28-19(23-14-6-4-13-11-22-27-16(13)10-14)12-5-7-15-17(9-12)25-20(24-15)26-18-3-1-2-8-21-18/h1-11H,(H,22,27)(H,23,28)(H2,21,24,25,26). The number of nitrogens with one attached hydrogen (secondary N) is 4. The molecule has 0 aliphatic rings. The molecule has 4 N–H and O–H groups in total. The molecule has 0 fully saturated rings. The van der Waals surface area contributed by atoms with Gasteiger partial charge in [-0.25, -0.2) is 9.97 Å². The first-order chi connectivity index (χ1) is 13.7. The highest BCUT2D eigenvalue weighted by molar-refractivity contribution is 6.06. The molecule has 0 bridgehead atoms. The third-order valence-corrected chi connectivity index (χ3v) is 4.36. The van der Waals surface area contributed by atoms with Crippen LogP contribution >= 0.6 is 0 Å².